The van der Waals surface area contributed by atoms with Crippen molar-refractivity contribution in [3.05, 3.63) is 164 Å². The lowest BCUT2D eigenvalue weighted by Crippen LogP contribution is -2.57. The fourth-order valence-corrected chi connectivity index (χ4v) is 9.04. The van der Waals surface area contributed by atoms with E-state index in [1.807, 2.05) is 48.5 Å². The predicted octanol–water partition coefficient (Wildman–Crippen LogP) is 8.71. The SMILES string of the molecule is c1ccc2c(c1)Oc1cc(-c3cc(-n4c5ccccc5c5ccccc54)nc(-n4c5ccccc5n5c6ccccc6nc45)n3)cc3c1B2c1ccccc1O3. The lowest BCUT2D eigenvalue weighted by atomic mass is 9.35. The van der Waals surface area contributed by atoms with E-state index in [4.69, 9.17) is 24.4 Å². The van der Waals surface area contributed by atoms with Crippen molar-refractivity contribution >= 4 is 72.8 Å². The van der Waals surface area contributed by atoms with Crippen molar-refractivity contribution in [3.8, 4) is 46.0 Å². The zero-order valence-corrected chi connectivity index (χ0v) is 29.7. The number of hydrogen-bond donors (Lipinski definition) is 0. The molecule has 0 aliphatic carbocycles. The van der Waals surface area contributed by atoms with Crippen LogP contribution in [-0.2, 0) is 0 Å². The van der Waals surface area contributed by atoms with E-state index in [0.29, 0.717) is 5.95 Å². The van der Waals surface area contributed by atoms with Crippen LogP contribution in [0, 0.1) is 0 Å². The lowest BCUT2D eigenvalue weighted by molar-refractivity contribution is 0.465. The smallest absolute Gasteiger partial charge is 0.260 e. The molecule has 11 aromatic rings. The Morgan fingerprint density at radius 3 is 1.68 bits per heavy atom. The molecular weight excluding hydrogens is 691 g/mol. The summed E-state index contributed by atoms with van der Waals surface area (Å²) in [5, 5.41) is 2.31. The zero-order chi connectivity index (χ0) is 36.5. The van der Waals surface area contributed by atoms with Crippen LogP contribution in [0.4, 0.5) is 0 Å². The molecule has 0 spiro atoms. The summed E-state index contributed by atoms with van der Waals surface area (Å²) in [5.41, 5.74) is 10.8. The maximum absolute atomic E-state index is 6.72. The van der Waals surface area contributed by atoms with Crippen LogP contribution < -0.4 is 25.9 Å². The summed E-state index contributed by atoms with van der Waals surface area (Å²) in [6.07, 6.45) is 0. The summed E-state index contributed by atoms with van der Waals surface area (Å²) in [6, 6.07) is 56.4. The summed E-state index contributed by atoms with van der Waals surface area (Å²) >= 11 is 0. The number of rotatable bonds is 3. The van der Waals surface area contributed by atoms with Gasteiger partial charge in [0.1, 0.15) is 28.8 Å². The highest BCUT2D eigenvalue weighted by molar-refractivity contribution is 6.98. The molecule has 2 aliphatic heterocycles. The molecule has 4 aromatic heterocycles. The van der Waals surface area contributed by atoms with Crippen molar-refractivity contribution in [2.45, 2.75) is 0 Å². The third-order valence-electron chi connectivity index (χ3n) is 11.4. The van der Waals surface area contributed by atoms with Gasteiger partial charge in [-0.25, -0.2) is 14.5 Å². The highest BCUT2D eigenvalue weighted by Crippen LogP contribution is 2.39. The average molecular weight is 719 g/mol. The van der Waals surface area contributed by atoms with E-state index in [-0.39, 0.29) is 6.71 Å². The van der Waals surface area contributed by atoms with Crippen molar-refractivity contribution in [1.29, 1.82) is 0 Å². The molecule has 0 atom stereocenters. The molecule has 7 aromatic carbocycles. The summed E-state index contributed by atoms with van der Waals surface area (Å²) in [4.78, 5) is 16.0. The topological polar surface area (TPSA) is 71.4 Å². The van der Waals surface area contributed by atoms with Crippen molar-refractivity contribution in [1.82, 2.24) is 28.5 Å². The van der Waals surface area contributed by atoms with Crippen molar-refractivity contribution in [2.24, 2.45) is 0 Å². The second-order valence-corrected chi connectivity index (χ2v) is 14.4. The lowest BCUT2D eigenvalue weighted by Gasteiger charge is -2.33. The van der Waals surface area contributed by atoms with Gasteiger partial charge in [0, 0.05) is 27.9 Å². The Balaban J connectivity index is 1.12. The molecule has 8 nitrogen and oxygen atoms in total. The van der Waals surface area contributed by atoms with Gasteiger partial charge in [0.15, 0.2) is 0 Å². The van der Waals surface area contributed by atoms with Gasteiger partial charge in [-0.2, -0.15) is 4.98 Å². The first kappa shape index (κ1) is 29.8. The fraction of sp³-hybridized carbons (Fsp3) is 0. The zero-order valence-electron chi connectivity index (χ0n) is 29.7. The summed E-state index contributed by atoms with van der Waals surface area (Å²) in [7, 11) is 0. The number of aromatic nitrogens is 6. The highest BCUT2D eigenvalue weighted by Gasteiger charge is 2.40. The molecule has 260 valence electrons. The van der Waals surface area contributed by atoms with Crippen LogP contribution in [-0.4, -0.2) is 35.2 Å². The van der Waals surface area contributed by atoms with Crippen LogP contribution in [0.5, 0.6) is 23.0 Å². The molecule has 6 heterocycles. The van der Waals surface area contributed by atoms with Crippen molar-refractivity contribution in [3.63, 3.8) is 0 Å². The third-order valence-corrected chi connectivity index (χ3v) is 11.4. The number of hydrogen-bond acceptors (Lipinski definition) is 5. The Kier molecular flexibility index (Phi) is 5.83. The van der Waals surface area contributed by atoms with E-state index in [1.54, 1.807) is 0 Å². The van der Waals surface area contributed by atoms with E-state index >= 15 is 0 Å². The van der Waals surface area contributed by atoms with E-state index in [2.05, 4.69) is 129 Å². The fourth-order valence-electron chi connectivity index (χ4n) is 9.04. The van der Waals surface area contributed by atoms with E-state index in [0.717, 1.165) is 106 Å². The minimum atomic E-state index is -0.0211. The Hall–Kier alpha value is -7.65. The van der Waals surface area contributed by atoms with Gasteiger partial charge in [0.25, 0.3) is 6.71 Å². The first-order valence-corrected chi connectivity index (χ1v) is 18.7. The molecule has 9 heteroatoms. The van der Waals surface area contributed by atoms with Crippen LogP contribution >= 0.6 is 0 Å². The minimum Gasteiger partial charge on any atom is -0.458 e. The molecule has 0 N–H and O–H groups in total. The number of nitrogens with zero attached hydrogens (tertiary/aromatic N) is 6. The molecule has 0 bridgehead atoms. The second kappa shape index (κ2) is 11.0. The number of para-hydroxylation sites is 8. The van der Waals surface area contributed by atoms with Crippen LogP contribution in [0.1, 0.15) is 0 Å². The molecule has 0 amide bonds. The standard InChI is InChI=1S/C47H27BN6O2/c1-6-18-35-29(13-1)30-14-2-7-19-36(30)52(35)44-27-34(49-46(51-44)54-39-22-10-9-21-38(39)53-37-20-8-5-17-33(37)50-47(53)54)28-25-42-45-43(26-28)56-41-24-12-4-16-32(41)48(45)31-15-3-11-23-40(31)55-42/h1-27H. The monoisotopic (exact) mass is 718 g/mol. The molecule has 0 radical (unpaired) electrons. The van der Waals surface area contributed by atoms with Crippen molar-refractivity contribution < 1.29 is 9.47 Å². The summed E-state index contributed by atoms with van der Waals surface area (Å²) in [5.74, 6) is 5.16. The maximum Gasteiger partial charge on any atom is 0.260 e. The Morgan fingerprint density at radius 2 is 1.00 bits per heavy atom. The van der Waals surface area contributed by atoms with Gasteiger partial charge < -0.3 is 9.47 Å². The summed E-state index contributed by atoms with van der Waals surface area (Å²) < 4.78 is 20.0. The second-order valence-electron chi connectivity index (χ2n) is 14.4. The first-order valence-electron chi connectivity index (χ1n) is 18.7. The molecule has 0 unspecified atom stereocenters. The van der Waals surface area contributed by atoms with Crippen LogP contribution in [0.3, 0.4) is 0 Å². The molecule has 0 fully saturated rings. The molecule has 2 aliphatic rings. The quantitative estimate of drug-likeness (QED) is 0.171. The highest BCUT2D eigenvalue weighted by atomic mass is 16.5. The van der Waals surface area contributed by atoms with Gasteiger partial charge in [0.05, 0.1) is 38.8 Å². The number of benzene rings is 7. The Bertz CT molecular complexity index is 3350. The first-order chi connectivity index (χ1) is 27.8. The third kappa shape index (κ3) is 4.00. The molecular formula is C47H27BN6O2. The van der Waals surface area contributed by atoms with E-state index in [9.17, 15) is 0 Å². The molecule has 56 heavy (non-hydrogen) atoms. The minimum absolute atomic E-state index is 0.0211. The number of fused-ring (bicyclic) bond motifs is 12. The average Bonchev–Trinajstić information content (AvgIpc) is 3.90. The Labute approximate surface area is 319 Å². The van der Waals surface area contributed by atoms with Crippen LogP contribution in [0.2, 0.25) is 0 Å². The van der Waals surface area contributed by atoms with Crippen LogP contribution in [0.15, 0.2) is 164 Å². The molecule has 0 saturated heterocycles. The van der Waals surface area contributed by atoms with Gasteiger partial charge in [0.2, 0.25) is 11.7 Å². The maximum atomic E-state index is 6.72. The van der Waals surface area contributed by atoms with Gasteiger partial charge >= 0.3 is 0 Å². The van der Waals surface area contributed by atoms with E-state index in [1.165, 1.54) is 0 Å². The van der Waals surface area contributed by atoms with Gasteiger partial charge in [-0.3, -0.25) is 8.97 Å². The van der Waals surface area contributed by atoms with Gasteiger partial charge in [-0.05, 0) is 71.6 Å². The Morgan fingerprint density at radius 1 is 0.446 bits per heavy atom. The predicted molar refractivity (Wildman–Crippen MR) is 223 cm³/mol. The number of ether oxygens (including phenoxy) is 2. The van der Waals surface area contributed by atoms with Crippen LogP contribution in [0.25, 0.3) is 72.7 Å². The van der Waals surface area contributed by atoms with Gasteiger partial charge in [-0.15, -0.1) is 0 Å². The molecule has 13 rings (SSSR count). The van der Waals surface area contributed by atoms with E-state index < -0.39 is 0 Å². The number of imidazole rings is 2. The molecule has 0 saturated carbocycles. The summed E-state index contributed by atoms with van der Waals surface area (Å²) in [6.45, 7) is -0.0211. The largest absolute Gasteiger partial charge is 0.458 e. The normalized spacial score (nSPS) is 12.9. The van der Waals surface area contributed by atoms with Crippen molar-refractivity contribution in [2.75, 3.05) is 0 Å². The van der Waals surface area contributed by atoms with Gasteiger partial charge in [-0.1, -0.05) is 97.1 Å².